The lowest BCUT2D eigenvalue weighted by Crippen LogP contribution is -2.56. The van der Waals surface area contributed by atoms with Crippen molar-refractivity contribution in [3.8, 4) is 0 Å². The van der Waals surface area contributed by atoms with Crippen LogP contribution in [0, 0.1) is 0 Å². The van der Waals surface area contributed by atoms with Crippen LogP contribution in [-0.2, 0) is 4.74 Å². The van der Waals surface area contributed by atoms with Gasteiger partial charge < -0.3 is 14.5 Å². The summed E-state index contributed by atoms with van der Waals surface area (Å²) in [5, 5.41) is 2.10. The highest BCUT2D eigenvalue weighted by molar-refractivity contribution is 9.10. The summed E-state index contributed by atoms with van der Waals surface area (Å²) < 4.78 is 6.48. The number of rotatable bonds is 1. The van der Waals surface area contributed by atoms with Crippen LogP contribution in [0.5, 0.6) is 0 Å². The van der Waals surface area contributed by atoms with Gasteiger partial charge in [-0.3, -0.25) is 4.79 Å². The molecule has 1 saturated heterocycles. The summed E-state index contributed by atoms with van der Waals surface area (Å²) in [5.74, 6) is -0.00688. The van der Waals surface area contributed by atoms with Gasteiger partial charge in [-0.05, 0) is 56.7 Å². The summed E-state index contributed by atoms with van der Waals surface area (Å²) in [6.07, 6.45) is -0.322. The molecule has 27 heavy (non-hydrogen) atoms. The SMILES string of the molecule is CC1CN(C(=O)c2ccc3c(Br)cccc3c2)CCN1C(=O)OC(C)(C)C. The minimum Gasteiger partial charge on any atom is -0.444 e. The fraction of sp³-hybridized carbons (Fsp3) is 0.429. The Kier molecular flexibility index (Phi) is 5.47. The van der Waals surface area contributed by atoms with Crippen molar-refractivity contribution >= 4 is 38.7 Å². The molecule has 0 N–H and O–H groups in total. The van der Waals surface area contributed by atoms with Crippen LogP contribution >= 0.6 is 15.9 Å². The second-order valence-electron chi connectivity index (χ2n) is 7.95. The minimum atomic E-state index is -0.525. The quantitative estimate of drug-likeness (QED) is 0.656. The van der Waals surface area contributed by atoms with Crippen molar-refractivity contribution in [2.75, 3.05) is 19.6 Å². The highest BCUT2D eigenvalue weighted by atomic mass is 79.9. The Balaban J connectivity index is 1.71. The summed E-state index contributed by atoms with van der Waals surface area (Å²) in [5.41, 5.74) is 0.141. The Labute approximate surface area is 168 Å². The maximum absolute atomic E-state index is 13.0. The van der Waals surface area contributed by atoms with Crippen LogP contribution in [0.3, 0.4) is 0 Å². The van der Waals surface area contributed by atoms with Crippen LogP contribution in [0.1, 0.15) is 38.1 Å². The van der Waals surface area contributed by atoms with Gasteiger partial charge >= 0.3 is 6.09 Å². The molecule has 2 aromatic rings. The summed E-state index contributed by atoms with van der Waals surface area (Å²) in [7, 11) is 0. The van der Waals surface area contributed by atoms with Gasteiger partial charge in [0.1, 0.15) is 5.60 Å². The third-order valence-electron chi connectivity index (χ3n) is 4.62. The first-order chi connectivity index (χ1) is 12.7. The fourth-order valence-corrected chi connectivity index (χ4v) is 3.81. The second-order valence-corrected chi connectivity index (χ2v) is 8.80. The van der Waals surface area contributed by atoms with Gasteiger partial charge in [0.15, 0.2) is 0 Å². The maximum atomic E-state index is 13.0. The molecule has 0 spiro atoms. The van der Waals surface area contributed by atoms with Gasteiger partial charge in [0.05, 0.1) is 0 Å². The summed E-state index contributed by atoms with van der Waals surface area (Å²) >= 11 is 3.54. The number of carbonyl (C=O) groups excluding carboxylic acids is 2. The number of halogens is 1. The van der Waals surface area contributed by atoms with E-state index in [1.165, 1.54) is 0 Å². The molecule has 6 heteroatoms. The van der Waals surface area contributed by atoms with Gasteiger partial charge in [0.25, 0.3) is 5.91 Å². The van der Waals surface area contributed by atoms with Gasteiger partial charge in [-0.1, -0.05) is 34.1 Å². The number of ether oxygens (including phenoxy) is 1. The van der Waals surface area contributed by atoms with Crippen LogP contribution in [-0.4, -0.2) is 53.1 Å². The predicted molar refractivity (Wildman–Crippen MR) is 110 cm³/mol. The van der Waals surface area contributed by atoms with Gasteiger partial charge in [0.2, 0.25) is 0 Å². The normalized spacial score (nSPS) is 17.9. The van der Waals surface area contributed by atoms with Crippen LogP contribution in [0.4, 0.5) is 4.79 Å². The Morgan fingerprint density at radius 2 is 1.89 bits per heavy atom. The Hall–Kier alpha value is -2.08. The summed E-state index contributed by atoms with van der Waals surface area (Å²) in [4.78, 5) is 28.8. The lowest BCUT2D eigenvalue weighted by Gasteiger charge is -2.40. The van der Waals surface area contributed by atoms with Crippen LogP contribution in [0.15, 0.2) is 40.9 Å². The lowest BCUT2D eigenvalue weighted by molar-refractivity contribution is 0.00199. The van der Waals surface area contributed by atoms with Crippen molar-refractivity contribution in [3.63, 3.8) is 0 Å². The molecule has 1 atom stereocenters. The zero-order valence-electron chi connectivity index (χ0n) is 16.2. The molecule has 1 fully saturated rings. The van der Waals surface area contributed by atoms with Gasteiger partial charge in [0, 0.05) is 35.7 Å². The molecule has 144 valence electrons. The van der Waals surface area contributed by atoms with Crippen molar-refractivity contribution in [2.24, 2.45) is 0 Å². The smallest absolute Gasteiger partial charge is 0.410 e. The van der Waals surface area contributed by atoms with Crippen molar-refractivity contribution in [2.45, 2.75) is 39.3 Å². The first-order valence-electron chi connectivity index (χ1n) is 9.13. The molecule has 2 aromatic carbocycles. The van der Waals surface area contributed by atoms with Gasteiger partial charge in [-0.25, -0.2) is 4.79 Å². The lowest BCUT2D eigenvalue weighted by atomic mass is 10.1. The largest absolute Gasteiger partial charge is 0.444 e. The molecule has 0 aliphatic carbocycles. The van der Waals surface area contributed by atoms with E-state index in [2.05, 4.69) is 15.9 Å². The first kappa shape index (κ1) is 19.7. The van der Waals surface area contributed by atoms with E-state index < -0.39 is 5.60 Å². The summed E-state index contributed by atoms with van der Waals surface area (Å²) in [6.45, 7) is 8.98. The molecule has 2 amide bonds. The molecule has 0 aromatic heterocycles. The summed E-state index contributed by atoms with van der Waals surface area (Å²) in [6, 6.07) is 11.6. The molecule has 0 radical (unpaired) electrons. The van der Waals surface area contributed by atoms with Crippen LogP contribution in [0.2, 0.25) is 0 Å². The van der Waals surface area contributed by atoms with E-state index in [1.807, 2.05) is 69.0 Å². The second kappa shape index (κ2) is 7.50. The zero-order valence-corrected chi connectivity index (χ0v) is 17.7. The molecule has 1 unspecified atom stereocenters. The Bertz CT molecular complexity index is 875. The number of benzene rings is 2. The van der Waals surface area contributed by atoms with Crippen molar-refractivity contribution < 1.29 is 14.3 Å². The standard InChI is InChI=1S/C21H25BrN2O3/c1-14-13-23(10-11-24(14)20(26)27-21(2,3)4)19(25)16-8-9-17-15(12-16)6-5-7-18(17)22/h5-9,12,14H,10-11,13H2,1-4H3. The van der Waals surface area contributed by atoms with Crippen LogP contribution < -0.4 is 0 Å². The predicted octanol–water partition coefficient (Wildman–Crippen LogP) is 4.68. The average Bonchev–Trinajstić information content (AvgIpc) is 2.59. The van der Waals surface area contributed by atoms with E-state index in [4.69, 9.17) is 4.74 Å². The highest BCUT2D eigenvalue weighted by Gasteiger charge is 2.32. The molecule has 5 nitrogen and oxygen atoms in total. The molecule has 0 saturated carbocycles. The maximum Gasteiger partial charge on any atom is 0.410 e. The van der Waals surface area contributed by atoms with E-state index in [0.29, 0.717) is 25.2 Å². The van der Waals surface area contributed by atoms with Crippen molar-refractivity contribution in [1.29, 1.82) is 0 Å². The fourth-order valence-electron chi connectivity index (χ4n) is 3.29. The van der Waals surface area contributed by atoms with E-state index in [9.17, 15) is 9.59 Å². The number of hydrogen-bond acceptors (Lipinski definition) is 3. The highest BCUT2D eigenvalue weighted by Crippen LogP contribution is 2.25. The van der Waals surface area contributed by atoms with E-state index in [-0.39, 0.29) is 18.0 Å². The number of hydrogen-bond donors (Lipinski definition) is 0. The number of amides is 2. The molecule has 1 aliphatic rings. The molecular weight excluding hydrogens is 408 g/mol. The molecular formula is C21H25BrN2O3. The van der Waals surface area contributed by atoms with E-state index in [0.717, 1.165) is 15.2 Å². The zero-order chi connectivity index (χ0) is 19.8. The number of fused-ring (bicyclic) bond motifs is 1. The third kappa shape index (κ3) is 4.43. The van der Waals surface area contributed by atoms with Crippen molar-refractivity contribution in [3.05, 3.63) is 46.4 Å². The number of carbonyl (C=O) groups is 2. The van der Waals surface area contributed by atoms with Crippen molar-refractivity contribution in [1.82, 2.24) is 9.80 Å². The van der Waals surface area contributed by atoms with Crippen LogP contribution in [0.25, 0.3) is 10.8 Å². The molecule has 1 aliphatic heterocycles. The topological polar surface area (TPSA) is 49.9 Å². The van der Waals surface area contributed by atoms with Gasteiger partial charge in [-0.2, -0.15) is 0 Å². The molecule has 0 bridgehead atoms. The number of nitrogens with zero attached hydrogens (tertiary/aromatic N) is 2. The number of piperazine rings is 1. The molecule has 1 heterocycles. The van der Waals surface area contributed by atoms with Gasteiger partial charge in [-0.15, -0.1) is 0 Å². The van der Waals surface area contributed by atoms with E-state index >= 15 is 0 Å². The monoisotopic (exact) mass is 432 g/mol. The minimum absolute atomic E-state index is 0.00688. The van der Waals surface area contributed by atoms with E-state index in [1.54, 1.807) is 4.90 Å². The third-order valence-corrected chi connectivity index (χ3v) is 5.31. The Morgan fingerprint density at radius 3 is 2.56 bits per heavy atom. The first-order valence-corrected chi connectivity index (χ1v) is 9.92. The molecule has 3 rings (SSSR count). The average molecular weight is 433 g/mol. The Morgan fingerprint density at radius 1 is 1.15 bits per heavy atom.